The second-order valence-corrected chi connectivity index (χ2v) is 6.28. The van der Waals surface area contributed by atoms with Gasteiger partial charge in [0.2, 0.25) is 0 Å². The van der Waals surface area contributed by atoms with E-state index in [4.69, 9.17) is 0 Å². The number of hydrogen-bond donors (Lipinski definition) is 1. The standard InChI is InChI=1S/C16H18F2N2S.2ClH/c1-11-4-5-12(15(18)14(11)17)16(13-3-2-10-21-13)20-8-6-19-7-9-20;;/h2-5,10,16,19H,6-9H2,1H3;2*1H/t16-;;/m1../s1. The van der Waals surface area contributed by atoms with Crippen molar-refractivity contribution in [1.29, 1.82) is 0 Å². The lowest BCUT2D eigenvalue weighted by atomic mass is 10.00. The molecule has 2 aromatic rings. The quantitative estimate of drug-likeness (QED) is 0.859. The van der Waals surface area contributed by atoms with E-state index >= 15 is 0 Å². The molecular formula is C16H20Cl2F2N2S. The Morgan fingerprint density at radius 2 is 1.78 bits per heavy atom. The highest BCUT2D eigenvalue weighted by molar-refractivity contribution is 7.10. The third-order valence-electron chi connectivity index (χ3n) is 3.93. The van der Waals surface area contributed by atoms with Gasteiger partial charge in [0.1, 0.15) is 0 Å². The minimum atomic E-state index is -0.732. The molecule has 0 unspecified atom stereocenters. The predicted octanol–water partition coefficient (Wildman–Crippen LogP) is 4.17. The molecule has 23 heavy (non-hydrogen) atoms. The summed E-state index contributed by atoms with van der Waals surface area (Å²) in [5.74, 6) is -1.45. The third kappa shape index (κ3) is 4.22. The van der Waals surface area contributed by atoms with Gasteiger partial charge in [-0.2, -0.15) is 0 Å². The number of nitrogens with one attached hydrogen (secondary N) is 1. The first-order valence-electron chi connectivity index (χ1n) is 7.11. The SMILES string of the molecule is Cc1ccc([C@H](c2cccs2)N2CCNCC2)c(F)c1F.Cl.Cl. The molecule has 2 nitrogen and oxygen atoms in total. The molecule has 1 N–H and O–H groups in total. The number of benzene rings is 1. The van der Waals surface area contributed by atoms with Gasteiger partial charge >= 0.3 is 0 Å². The van der Waals surface area contributed by atoms with E-state index in [-0.39, 0.29) is 30.9 Å². The molecule has 1 aliphatic rings. The van der Waals surface area contributed by atoms with Crippen LogP contribution in [0.15, 0.2) is 29.6 Å². The first-order valence-corrected chi connectivity index (χ1v) is 7.99. The lowest BCUT2D eigenvalue weighted by Crippen LogP contribution is -2.45. The number of rotatable bonds is 3. The fourth-order valence-electron chi connectivity index (χ4n) is 2.79. The van der Waals surface area contributed by atoms with Crippen LogP contribution in [0, 0.1) is 18.6 Å². The highest BCUT2D eigenvalue weighted by atomic mass is 35.5. The lowest BCUT2D eigenvalue weighted by Gasteiger charge is -2.35. The summed E-state index contributed by atoms with van der Waals surface area (Å²) in [7, 11) is 0. The van der Waals surface area contributed by atoms with Crippen molar-refractivity contribution in [2.24, 2.45) is 0 Å². The molecule has 0 bridgehead atoms. The van der Waals surface area contributed by atoms with E-state index in [9.17, 15) is 8.78 Å². The molecule has 0 radical (unpaired) electrons. The molecule has 1 aromatic heterocycles. The minimum absolute atomic E-state index is 0. The summed E-state index contributed by atoms with van der Waals surface area (Å²) in [6.07, 6.45) is 0. The molecule has 7 heteroatoms. The monoisotopic (exact) mass is 380 g/mol. The Kier molecular flexibility index (Phi) is 7.90. The zero-order valence-electron chi connectivity index (χ0n) is 12.7. The summed E-state index contributed by atoms with van der Waals surface area (Å²) in [5, 5.41) is 5.27. The van der Waals surface area contributed by atoms with Crippen LogP contribution in [0.25, 0.3) is 0 Å². The average molecular weight is 381 g/mol. The van der Waals surface area contributed by atoms with Gasteiger partial charge in [0.15, 0.2) is 11.6 Å². The van der Waals surface area contributed by atoms with Gasteiger partial charge in [0.25, 0.3) is 0 Å². The van der Waals surface area contributed by atoms with Gasteiger partial charge in [-0.25, -0.2) is 8.78 Å². The molecule has 0 amide bonds. The summed E-state index contributed by atoms with van der Waals surface area (Å²) in [6.45, 7) is 5.00. The van der Waals surface area contributed by atoms with Gasteiger partial charge in [-0.15, -0.1) is 36.2 Å². The van der Waals surface area contributed by atoms with E-state index in [1.165, 1.54) is 0 Å². The van der Waals surface area contributed by atoms with Crippen molar-refractivity contribution in [3.63, 3.8) is 0 Å². The molecule has 3 rings (SSSR count). The van der Waals surface area contributed by atoms with Crippen LogP contribution in [0.4, 0.5) is 8.78 Å². The maximum absolute atomic E-state index is 14.4. The van der Waals surface area contributed by atoms with Crippen LogP contribution < -0.4 is 5.32 Å². The second kappa shape index (κ2) is 8.94. The van der Waals surface area contributed by atoms with Gasteiger partial charge in [-0.3, -0.25) is 4.90 Å². The molecule has 1 saturated heterocycles. The first-order chi connectivity index (χ1) is 10.2. The average Bonchev–Trinajstić information content (AvgIpc) is 3.03. The summed E-state index contributed by atoms with van der Waals surface area (Å²) in [6, 6.07) is 7.13. The molecule has 2 heterocycles. The molecule has 1 aliphatic heterocycles. The Balaban J connectivity index is 0.00000132. The van der Waals surface area contributed by atoms with Crippen LogP contribution in [-0.2, 0) is 0 Å². The zero-order valence-corrected chi connectivity index (χ0v) is 15.2. The maximum Gasteiger partial charge on any atom is 0.164 e. The van der Waals surface area contributed by atoms with Crippen molar-refractivity contribution < 1.29 is 8.78 Å². The fraction of sp³-hybridized carbons (Fsp3) is 0.375. The van der Waals surface area contributed by atoms with Crippen LogP contribution in [0.2, 0.25) is 0 Å². The van der Waals surface area contributed by atoms with E-state index in [0.717, 1.165) is 31.1 Å². The Labute approximate surface area is 151 Å². The summed E-state index contributed by atoms with van der Waals surface area (Å²) < 4.78 is 28.4. The van der Waals surface area contributed by atoms with Gasteiger partial charge < -0.3 is 5.32 Å². The Bertz CT molecular complexity index is 617. The van der Waals surface area contributed by atoms with Gasteiger partial charge in [-0.1, -0.05) is 18.2 Å². The highest BCUT2D eigenvalue weighted by Crippen LogP contribution is 2.34. The van der Waals surface area contributed by atoms with Crippen molar-refractivity contribution in [2.75, 3.05) is 26.2 Å². The maximum atomic E-state index is 14.4. The number of aryl methyl sites for hydroxylation is 1. The Morgan fingerprint density at radius 1 is 1.09 bits per heavy atom. The molecule has 0 saturated carbocycles. The first kappa shape index (κ1) is 20.3. The second-order valence-electron chi connectivity index (χ2n) is 5.30. The van der Waals surface area contributed by atoms with E-state index < -0.39 is 11.6 Å². The lowest BCUT2D eigenvalue weighted by molar-refractivity contribution is 0.196. The number of hydrogen-bond acceptors (Lipinski definition) is 3. The fourth-order valence-corrected chi connectivity index (χ4v) is 3.67. The number of halogens is 4. The van der Waals surface area contributed by atoms with Crippen molar-refractivity contribution in [2.45, 2.75) is 13.0 Å². The van der Waals surface area contributed by atoms with Gasteiger partial charge in [0, 0.05) is 36.6 Å². The summed E-state index contributed by atoms with van der Waals surface area (Å²) in [5.41, 5.74) is 0.781. The van der Waals surface area contributed by atoms with Crippen LogP contribution in [0.5, 0.6) is 0 Å². The Hall–Kier alpha value is -0.720. The van der Waals surface area contributed by atoms with Crippen LogP contribution in [-0.4, -0.2) is 31.1 Å². The van der Waals surface area contributed by atoms with E-state index in [1.807, 2.05) is 17.5 Å². The molecule has 0 spiro atoms. The predicted molar refractivity (Wildman–Crippen MR) is 96.2 cm³/mol. The molecule has 1 fully saturated rings. The molecule has 1 aromatic carbocycles. The van der Waals surface area contributed by atoms with Crippen LogP contribution in [0.1, 0.15) is 22.0 Å². The molecular weight excluding hydrogens is 361 g/mol. The third-order valence-corrected chi connectivity index (χ3v) is 4.85. The van der Waals surface area contributed by atoms with Gasteiger partial charge in [0.05, 0.1) is 6.04 Å². The number of thiophene rings is 1. The summed E-state index contributed by atoms with van der Waals surface area (Å²) >= 11 is 1.59. The van der Waals surface area contributed by atoms with Gasteiger partial charge in [-0.05, 0) is 23.9 Å². The van der Waals surface area contributed by atoms with Crippen LogP contribution >= 0.6 is 36.2 Å². The zero-order chi connectivity index (χ0) is 14.8. The largest absolute Gasteiger partial charge is 0.314 e. The van der Waals surface area contributed by atoms with Crippen molar-refractivity contribution in [3.05, 3.63) is 57.3 Å². The molecule has 1 atom stereocenters. The minimum Gasteiger partial charge on any atom is -0.314 e. The highest BCUT2D eigenvalue weighted by Gasteiger charge is 2.28. The smallest absolute Gasteiger partial charge is 0.164 e. The van der Waals surface area contributed by atoms with Crippen molar-refractivity contribution in [1.82, 2.24) is 10.2 Å². The van der Waals surface area contributed by atoms with Crippen molar-refractivity contribution >= 4 is 36.2 Å². The summed E-state index contributed by atoms with van der Waals surface area (Å²) in [4.78, 5) is 3.27. The van der Waals surface area contributed by atoms with Crippen molar-refractivity contribution in [3.8, 4) is 0 Å². The topological polar surface area (TPSA) is 15.3 Å². The normalized spacial score (nSPS) is 16.3. The Morgan fingerprint density at radius 3 is 2.39 bits per heavy atom. The number of nitrogens with zero attached hydrogens (tertiary/aromatic N) is 1. The molecule has 0 aliphatic carbocycles. The van der Waals surface area contributed by atoms with E-state index in [2.05, 4.69) is 10.2 Å². The molecule has 128 valence electrons. The van der Waals surface area contributed by atoms with Crippen LogP contribution in [0.3, 0.4) is 0 Å². The van der Waals surface area contributed by atoms with E-state index in [1.54, 1.807) is 30.4 Å². The number of piperazine rings is 1. The van der Waals surface area contributed by atoms with E-state index in [0.29, 0.717) is 11.1 Å².